The van der Waals surface area contributed by atoms with Crippen molar-refractivity contribution in [1.29, 1.82) is 0 Å². The van der Waals surface area contributed by atoms with Crippen LogP contribution in [0.1, 0.15) is 31.2 Å². The minimum absolute atomic E-state index is 0.0979. The van der Waals surface area contributed by atoms with E-state index in [2.05, 4.69) is 9.97 Å². The van der Waals surface area contributed by atoms with Gasteiger partial charge in [-0.15, -0.1) is 0 Å². The number of para-hydroxylation sites is 2. The molecule has 4 nitrogen and oxygen atoms in total. The molecule has 3 N–H and O–H groups in total. The molecule has 0 saturated carbocycles. The number of aromatic nitrogens is 2. The number of nitrogens with two attached hydrogens (primary N) is 1. The van der Waals surface area contributed by atoms with Crippen LogP contribution >= 0.6 is 11.6 Å². The topological polar surface area (TPSA) is 63.9 Å². The first-order chi connectivity index (χ1) is 11.6. The van der Waals surface area contributed by atoms with E-state index >= 15 is 0 Å². The van der Waals surface area contributed by atoms with Crippen molar-refractivity contribution in [2.75, 3.05) is 6.54 Å². The van der Waals surface area contributed by atoms with E-state index in [-0.39, 0.29) is 12.0 Å². The molecule has 0 aliphatic carbocycles. The van der Waals surface area contributed by atoms with Gasteiger partial charge in [-0.2, -0.15) is 0 Å². The van der Waals surface area contributed by atoms with Crippen molar-refractivity contribution in [1.82, 2.24) is 9.97 Å². The van der Waals surface area contributed by atoms with Crippen molar-refractivity contribution in [3.05, 3.63) is 58.9 Å². The maximum atomic E-state index is 6.33. The highest BCUT2D eigenvalue weighted by molar-refractivity contribution is 6.32. The molecule has 126 valence electrons. The van der Waals surface area contributed by atoms with Crippen LogP contribution in [-0.2, 0) is 6.42 Å². The maximum Gasteiger partial charge on any atom is 0.138 e. The highest BCUT2D eigenvalue weighted by atomic mass is 35.5. The van der Waals surface area contributed by atoms with Gasteiger partial charge in [0.2, 0.25) is 0 Å². The third-order valence-electron chi connectivity index (χ3n) is 3.92. The molecule has 5 heteroatoms. The van der Waals surface area contributed by atoms with Gasteiger partial charge in [-0.1, -0.05) is 29.8 Å². The number of fused-ring (bicyclic) bond motifs is 1. The fraction of sp³-hybridized carbons (Fsp3) is 0.316. The third kappa shape index (κ3) is 3.71. The fourth-order valence-corrected chi connectivity index (χ4v) is 3.01. The number of benzene rings is 2. The molecule has 0 amide bonds. The van der Waals surface area contributed by atoms with Crippen molar-refractivity contribution < 1.29 is 4.74 Å². The lowest BCUT2D eigenvalue weighted by Gasteiger charge is -2.15. The lowest BCUT2D eigenvalue weighted by atomic mass is 9.98. The molecule has 3 aromatic rings. The average Bonchev–Trinajstić information content (AvgIpc) is 2.98. The van der Waals surface area contributed by atoms with Gasteiger partial charge in [-0.25, -0.2) is 4.98 Å². The molecule has 0 radical (unpaired) electrons. The summed E-state index contributed by atoms with van der Waals surface area (Å²) < 4.78 is 5.68. The van der Waals surface area contributed by atoms with E-state index in [1.807, 2.05) is 56.3 Å². The zero-order chi connectivity index (χ0) is 17.1. The largest absolute Gasteiger partial charge is 0.489 e. The van der Waals surface area contributed by atoms with E-state index in [1.165, 1.54) is 0 Å². The molecular weight excluding hydrogens is 322 g/mol. The zero-order valence-corrected chi connectivity index (χ0v) is 14.7. The lowest BCUT2D eigenvalue weighted by Crippen LogP contribution is -2.16. The van der Waals surface area contributed by atoms with Gasteiger partial charge in [0.05, 0.1) is 22.2 Å². The van der Waals surface area contributed by atoms with Gasteiger partial charge in [0.25, 0.3) is 0 Å². The van der Waals surface area contributed by atoms with E-state index < -0.39 is 0 Å². The number of nitrogens with one attached hydrogen (secondary N) is 1. The highest BCUT2D eigenvalue weighted by Crippen LogP contribution is 2.29. The summed E-state index contributed by atoms with van der Waals surface area (Å²) >= 11 is 6.33. The predicted molar refractivity (Wildman–Crippen MR) is 98.8 cm³/mol. The van der Waals surface area contributed by atoms with E-state index in [1.54, 1.807) is 0 Å². The molecule has 0 aliphatic rings. The SMILES string of the molecule is CC(C)Oc1ccc(CC(CN)c2nc3ccccc3[nH]2)cc1Cl. The Morgan fingerprint density at radius 1 is 1.21 bits per heavy atom. The van der Waals surface area contributed by atoms with Crippen LogP contribution in [0.5, 0.6) is 5.75 Å². The Bertz CT molecular complexity index is 795. The van der Waals surface area contributed by atoms with Crippen molar-refractivity contribution in [2.45, 2.75) is 32.3 Å². The summed E-state index contributed by atoms with van der Waals surface area (Å²) in [7, 11) is 0. The summed E-state index contributed by atoms with van der Waals surface area (Å²) in [6.07, 6.45) is 0.874. The predicted octanol–water partition coefficient (Wildman–Crippen LogP) is 4.29. The second-order valence-corrected chi connectivity index (χ2v) is 6.61. The second-order valence-electron chi connectivity index (χ2n) is 6.21. The number of halogens is 1. The molecular formula is C19H22ClN3O. The molecule has 0 fully saturated rings. The standard InChI is InChI=1S/C19H22ClN3O/c1-12(2)24-18-8-7-13(10-15(18)20)9-14(11-21)19-22-16-5-3-4-6-17(16)23-19/h3-8,10,12,14H,9,11,21H2,1-2H3,(H,22,23). The van der Waals surface area contributed by atoms with Gasteiger partial charge in [-0.3, -0.25) is 0 Å². The van der Waals surface area contributed by atoms with Crippen LogP contribution in [0, 0.1) is 0 Å². The fourth-order valence-electron chi connectivity index (χ4n) is 2.76. The third-order valence-corrected chi connectivity index (χ3v) is 4.22. The first kappa shape index (κ1) is 16.8. The molecule has 1 unspecified atom stereocenters. The summed E-state index contributed by atoms with van der Waals surface area (Å²) in [6.45, 7) is 4.48. The van der Waals surface area contributed by atoms with Gasteiger partial charge in [0, 0.05) is 12.5 Å². The molecule has 24 heavy (non-hydrogen) atoms. The van der Waals surface area contributed by atoms with Crippen molar-refractivity contribution >= 4 is 22.6 Å². The van der Waals surface area contributed by atoms with Crippen LogP contribution in [0.3, 0.4) is 0 Å². The normalized spacial score (nSPS) is 12.7. The Morgan fingerprint density at radius 3 is 2.67 bits per heavy atom. The molecule has 0 spiro atoms. The van der Waals surface area contributed by atoms with Crippen molar-refractivity contribution in [2.24, 2.45) is 5.73 Å². The van der Waals surface area contributed by atoms with Crippen LogP contribution in [0.2, 0.25) is 5.02 Å². The quantitative estimate of drug-likeness (QED) is 0.701. The van der Waals surface area contributed by atoms with Gasteiger partial charge in [0.15, 0.2) is 0 Å². The number of hydrogen-bond acceptors (Lipinski definition) is 3. The molecule has 1 aromatic heterocycles. The second kappa shape index (κ2) is 7.24. The smallest absolute Gasteiger partial charge is 0.138 e. The molecule has 1 heterocycles. The Labute approximate surface area is 147 Å². The van der Waals surface area contributed by atoms with Crippen LogP contribution in [0.15, 0.2) is 42.5 Å². The maximum absolute atomic E-state index is 6.33. The molecule has 2 aromatic carbocycles. The number of nitrogens with zero attached hydrogens (tertiary/aromatic N) is 1. The van der Waals surface area contributed by atoms with Gasteiger partial charge >= 0.3 is 0 Å². The Kier molecular flexibility index (Phi) is 5.07. The number of hydrogen-bond donors (Lipinski definition) is 2. The zero-order valence-electron chi connectivity index (χ0n) is 13.9. The Hall–Kier alpha value is -2.04. The summed E-state index contributed by atoms with van der Waals surface area (Å²) in [6, 6.07) is 13.9. The molecule has 1 atom stereocenters. The number of H-pyrrole nitrogens is 1. The minimum Gasteiger partial charge on any atom is -0.489 e. The van der Waals surface area contributed by atoms with E-state index in [0.717, 1.165) is 28.8 Å². The molecule has 0 saturated heterocycles. The molecule has 0 bridgehead atoms. The summed E-state index contributed by atoms with van der Waals surface area (Å²) in [4.78, 5) is 8.04. The van der Waals surface area contributed by atoms with Gasteiger partial charge in [-0.05, 0) is 50.1 Å². The molecule has 0 aliphatic heterocycles. The summed E-state index contributed by atoms with van der Waals surface area (Å²) in [5.41, 5.74) is 9.10. The van der Waals surface area contributed by atoms with Crippen LogP contribution in [0.4, 0.5) is 0 Å². The summed E-state index contributed by atoms with van der Waals surface area (Å²) in [5, 5.41) is 0.626. The number of rotatable bonds is 6. The average molecular weight is 344 g/mol. The highest BCUT2D eigenvalue weighted by Gasteiger charge is 2.16. The number of ether oxygens (including phenoxy) is 1. The Morgan fingerprint density at radius 2 is 2.00 bits per heavy atom. The monoisotopic (exact) mass is 343 g/mol. The number of imidazole rings is 1. The van der Waals surface area contributed by atoms with E-state index in [0.29, 0.717) is 17.3 Å². The van der Waals surface area contributed by atoms with Crippen LogP contribution < -0.4 is 10.5 Å². The van der Waals surface area contributed by atoms with E-state index in [9.17, 15) is 0 Å². The summed E-state index contributed by atoms with van der Waals surface area (Å²) in [5.74, 6) is 1.74. The van der Waals surface area contributed by atoms with Crippen LogP contribution in [-0.4, -0.2) is 22.6 Å². The van der Waals surface area contributed by atoms with E-state index in [4.69, 9.17) is 22.1 Å². The first-order valence-corrected chi connectivity index (χ1v) is 8.54. The lowest BCUT2D eigenvalue weighted by molar-refractivity contribution is 0.242. The Balaban J connectivity index is 1.81. The minimum atomic E-state index is 0.0979. The first-order valence-electron chi connectivity index (χ1n) is 8.16. The number of aromatic amines is 1. The van der Waals surface area contributed by atoms with Gasteiger partial charge in [0.1, 0.15) is 11.6 Å². The molecule has 3 rings (SSSR count). The van der Waals surface area contributed by atoms with Gasteiger partial charge < -0.3 is 15.5 Å². The van der Waals surface area contributed by atoms with Crippen molar-refractivity contribution in [3.8, 4) is 5.75 Å². The van der Waals surface area contributed by atoms with Crippen molar-refractivity contribution in [3.63, 3.8) is 0 Å². The van der Waals surface area contributed by atoms with Crippen LogP contribution in [0.25, 0.3) is 11.0 Å².